The minimum Gasteiger partial charge on any atom is -0.337 e. The molecule has 178 valence electrons. The van der Waals surface area contributed by atoms with Crippen LogP contribution in [-0.2, 0) is 29.1 Å². The number of hydrogen-bond donors (Lipinski definition) is 1. The standard InChI is InChI=1S/C25H30F3N3O2/c1-18(2)12-14-30(16-19-7-4-3-5-8-19)23(32)17-31(24(33)25(26,27)28)22-10-6-9-20-15-29-13-11-21(20)22/h3-10,18,29H,11-17H2,1-2H3. The topological polar surface area (TPSA) is 52.7 Å². The molecule has 0 fully saturated rings. The molecule has 2 amide bonds. The van der Waals surface area contributed by atoms with E-state index in [0.717, 1.165) is 11.1 Å². The highest BCUT2D eigenvalue weighted by molar-refractivity contribution is 6.02. The summed E-state index contributed by atoms with van der Waals surface area (Å²) in [6.07, 6.45) is -3.89. The van der Waals surface area contributed by atoms with Crippen molar-refractivity contribution in [1.82, 2.24) is 10.2 Å². The lowest BCUT2D eigenvalue weighted by atomic mass is 9.98. The number of anilines is 1. The van der Waals surface area contributed by atoms with Crippen molar-refractivity contribution in [2.75, 3.05) is 24.5 Å². The molecule has 8 heteroatoms. The van der Waals surface area contributed by atoms with Crippen LogP contribution in [0.25, 0.3) is 0 Å². The molecule has 0 spiro atoms. The fourth-order valence-electron chi connectivity index (χ4n) is 3.93. The molecule has 1 aliphatic rings. The van der Waals surface area contributed by atoms with E-state index in [-0.39, 0.29) is 12.2 Å². The van der Waals surface area contributed by atoms with E-state index in [1.165, 1.54) is 6.07 Å². The molecule has 2 aromatic carbocycles. The average molecular weight is 462 g/mol. The third-order valence-corrected chi connectivity index (χ3v) is 5.73. The predicted octanol–water partition coefficient (Wildman–Crippen LogP) is 4.30. The Balaban J connectivity index is 1.91. The van der Waals surface area contributed by atoms with Crippen molar-refractivity contribution in [1.29, 1.82) is 0 Å². The third kappa shape index (κ3) is 6.57. The lowest BCUT2D eigenvalue weighted by molar-refractivity contribution is -0.170. The smallest absolute Gasteiger partial charge is 0.337 e. The van der Waals surface area contributed by atoms with Crippen molar-refractivity contribution in [3.8, 4) is 0 Å². The summed E-state index contributed by atoms with van der Waals surface area (Å²) in [6.45, 7) is 5.17. The number of alkyl halides is 3. The van der Waals surface area contributed by atoms with Crippen molar-refractivity contribution in [3.05, 3.63) is 65.2 Å². The number of fused-ring (bicyclic) bond motifs is 1. The highest BCUT2D eigenvalue weighted by Gasteiger charge is 2.44. The lowest BCUT2D eigenvalue weighted by Crippen LogP contribution is -2.48. The first-order chi connectivity index (χ1) is 15.7. The Morgan fingerprint density at radius 1 is 1.06 bits per heavy atom. The Morgan fingerprint density at radius 2 is 1.79 bits per heavy atom. The summed E-state index contributed by atoms with van der Waals surface area (Å²) in [5, 5.41) is 3.18. The molecule has 0 unspecified atom stereocenters. The van der Waals surface area contributed by atoms with E-state index in [1.807, 2.05) is 50.2 Å². The van der Waals surface area contributed by atoms with Crippen LogP contribution in [0.3, 0.4) is 0 Å². The maximum Gasteiger partial charge on any atom is 0.471 e. The van der Waals surface area contributed by atoms with E-state index in [2.05, 4.69) is 5.32 Å². The average Bonchev–Trinajstić information content (AvgIpc) is 2.79. The number of amides is 2. The Labute approximate surface area is 192 Å². The van der Waals surface area contributed by atoms with Gasteiger partial charge >= 0.3 is 12.1 Å². The molecular weight excluding hydrogens is 431 g/mol. The first kappa shape index (κ1) is 24.8. The van der Waals surface area contributed by atoms with Gasteiger partial charge < -0.3 is 10.2 Å². The van der Waals surface area contributed by atoms with Gasteiger partial charge in [0.15, 0.2) is 0 Å². The molecule has 0 atom stereocenters. The minimum atomic E-state index is -5.09. The summed E-state index contributed by atoms with van der Waals surface area (Å²) in [4.78, 5) is 27.9. The molecule has 33 heavy (non-hydrogen) atoms. The van der Waals surface area contributed by atoms with E-state index < -0.39 is 24.5 Å². The monoisotopic (exact) mass is 461 g/mol. The largest absolute Gasteiger partial charge is 0.471 e. The fourth-order valence-corrected chi connectivity index (χ4v) is 3.93. The van der Waals surface area contributed by atoms with Gasteiger partial charge in [-0.25, -0.2) is 0 Å². The number of halogens is 3. The van der Waals surface area contributed by atoms with Gasteiger partial charge in [-0.2, -0.15) is 13.2 Å². The van der Waals surface area contributed by atoms with Crippen LogP contribution in [0.15, 0.2) is 48.5 Å². The van der Waals surface area contributed by atoms with Crippen LogP contribution in [0, 0.1) is 5.92 Å². The maximum absolute atomic E-state index is 13.5. The van der Waals surface area contributed by atoms with Crippen molar-refractivity contribution in [3.63, 3.8) is 0 Å². The zero-order chi connectivity index (χ0) is 24.0. The Kier molecular flexibility index (Phi) is 8.13. The molecule has 0 saturated carbocycles. The van der Waals surface area contributed by atoms with Crippen molar-refractivity contribution < 1.29 is 22.8 Å². The van der Waals surface area contributed by atoms with Crippen molar-refractivity contribution in [2.45, 2.75) is 46.0 Å². The van der Waals surface area contributed by atoms with Gasteiger partial charge in [-0.15, -0.1) is 0 Å². The van der Waals surface area contributed by atoms with Crippen LogP contribution in [0.5, 0.6) is 0 Å². The molecule has 0 saturated heterocycles. The van der Waals surface area contributed by atoms with E-state index in [0.29, 0.717) is 48.9 Å². The van der Waals surface area contributed by atoms with Gasteiger partial charge in [-0.05, 0) is 48.1 Å². The molecule has 2 aromatic rings. The number of carbonyl (C=O) groups excluding carboxylic acids is 2. The first-order valence-electron chi connectivity index (χ1n) is 11.2. The van der Waals surface area contributed by atoms with Gasteiger partial charge in [0.1, 0.15) is 6.54 Å². The number of carbonyl (C=O) groups is 2. The van der Waals surface area contributed by atoms with Crippen LogP contribution in [0.2, 0.25) is 0 Å². The third-order valence-electron chi connectivity index (χ3n) is 5.73. The van der Waals surface area contributed by atoms with Gasteiger partial charge in [-0.3, -0.25) is 14.5 Å². The van der Waals surface area contributed by atoms with E-state index >= 15 is 0 Å². The predicted molar refractivity (Wildman–Crippen MR) is 122 cm³/mol. The summed E-state index contributed by atoms with van der Waals surface area (Å²) < 4.78 is 40.6. The lowest BCUT2D eigenvalue weighted by Gasteiger charge is -2.31. The van der Waals surface area contributed by atoms with Crippen LogP contribution < -0.4 is 10.2 Å². The Morgan fingerprint density at radius 3 is 2.45 bits per heavy atom. The van der Waals surface area contributed by atoms with E-state index in [9.17, 15) is 22.8 Å². The fraction of sp³-hybridized carbons (Fsp3) is 0.440. The quantitative estimate of drug-likeness (QED) is 0.638. The summed E-state index contributed by atoms with van der Waals surface area (Å²) in [7, 11) is 0. The van der Waals surface area contributed by atoms with Gasteiger partial charge in [0.05, 0.1) is 0 Å². The summed E-state index contributed by atoms with van der Waals surface area (Å²) in [5.41, 5.74) is 2.56. The maximum atomic E-state index is 13.5. The summed E-state index contributed by atoms with van der Waals surface area (Å²) in [5.74, 6) is -2.22. The second kappa shape index (κ2) is 10.8. The highest BCUT2D eigenvalue weighted by atomic mass is 19.4. The first-order valence-corrected chi connectivity index (χ1v) is 11.2. The van der Waals surface area contributed by atoms with Crippen LogP contribution in [0.4, 0.5) is 18.9 Å². The number of hydrogen-bond acceptors (Lipinski definition) is 3. The normalized spacial score (nSPS) is 13.5. The molecule has 0 bridgehead atoms. The van der Waals surface area contributed by atoms with Crippen LogP contribution >= 0.6 is 0 Å². The molecule has 1 N–H and O–H groups in total. The van der Waals surface area contributed by atoms with Crippen LogP contribution in [0.1, 0.15) is 37.0 Å². The molecule has 1 aliphatic heterocycles. The highest BCUT2D eigenvalue weighted by Crippen LogP contribution is 2.30. The van der Waals surface area contributed by atoms with E-state index in [1.54, 1.807) is 11.0 Å². The zero-order valence-corrected chi connectivity index (χ0v) is 19.0. The Bertz CT molecular complexity index is 961. The van der Waals surface area contributed by atoms with Gasteiger partial charge in [0.2, 0.25) is 5.91 Å². The summed E-state index contributed by atoms with van der Waals surface area (Å²) >= 11 is 0. The van der Waals surface area contributed by atoms with Crippen molar-refractivity contribution >= 4 is 17.5 Å². The number of rotatable bonds is 8. The SMILES string of the molecule is CC(C)CCN(Cc1ccccc1)C(=O)CN(C(=O)C(F)(F)F)c1cccc2c1CCNC2. The number of nitrogens with zero attached hydrogens (tertiary/aromatic N) is 2. The Hall–Kier alpha value is -2.87. The van der Waals surface area contributed by atoms with Gasteiger partial charge in [-0.1, -0.05) is 56.3 Å². The summed E-state index contributed by atoms with van der Waals surface area (Å²) in [6, 6.07) is 14.3. The number of benzene rings is 2. The minimum absolute atomic E-state index is 0.160. The molecule has 0 aromatic heterocycles. The number of nitrogens with one attached hydrogen (secondary N) is 1. The zero-order valence-electron chi connectivity index (χ0n) is 19.0. The second-order valence-corrected chi connectivity index (χ2v) is 8.71. The van der Waals surface area contributed by atoms with Gasteiger partial charge in [0, 0.05) is 25.3 Å². The molecule has 0 radical (unpaired) electrons. The second-order valence-electron chi connectivity index (χ2n) is 8.71. The van der Waals surface area contributed by atoms with E-state index in [4.69, 9.17) is 0 Å². The van der Waals surface area contributed by atoms with Crippen LogP contribution in [-0.4, -0.2) is 42.5 Å². The molecule has 5 nitrogen and oxygen atoms in total. The molecule has 3 rings (SSSR count). The van der Waals surface area contributed by atoms with Gasteiger partial charge in [0.25, 0.3) is 0 Å². The van der Waals surface area contributed by atoms with Crippen molar-refractivity contribution in [2.24, 2.45) is 5.92 Å². The molecule has 1 heterocycles. The molecular formula is C25H30F3N3O2. The molecule has 0 aliphatic carbocycles.